The lowest BCUT2D eigenvalue weighted by molar-refractivity contribution is 0.0694. The molecule has 3 aromatic rings. The monoisotopic (exact) mass is 351 g/mol. The van der Waals surface area contributed by atoms with Crippen molar-refractivity contribution in [1.82, 2.24) is 9.78 Å². The molecular formula is C19H17N3O4. The number of aromatic nitrogens is 2. The van der Waals surface area contributed by atoms with Crippen LogP contribution in [0.2, 0.25) is 0 Å². The van der Waals surface area contributed by atoms with Gasteiger partial charge in [-0.3, -0.25) is 14.9 Å². The molecule has 0 amide bonds. The molecule has 7 heteroatoms. The molecule has 2 aromatic carbocycles. The van der Waals surface area contributed by atoms with Gasteiger partial charge in [0.05, 0.1) is 16.9 Å². The molecule has 0 saturated carbocycles. The average molecular weight is 351 g/mol. The van der Waals surface area contributed by atoms with Crippen LogP contribution in [0.4, 0.5) is 5.69 Å². The Morgan fingerprint density at radius 2 is 1.85 bits per heavy atom. The number of aromatic carboxylic acids is 1. The van der Waals surface area contributed by atoms with Gasteiger partial charge in [-0.25, -0.2) is 9.48 Å². The molecule has 0 unspecified atom stereocenters. The molecule has 26 heavy (non-hydrogen) atoms. The third kappa shape index (κ3) is 3.27. The first-order valence-electron chi connectivity index (χ1n) is 7.86. The maximum absolute atomic E-state index is 12.6. The zero-order valence-corrected chi connectivity index (χ0v) is 14.2. The lowest BCUT2D eigenvalue weighted by Crippen LogP contribution is -2.17. The van der Waals surface area contributed by atoms with Gasteiger partial charge in [0, 0.05) is 11.9 Å². The van der Waals surface area contributed by atoms with Gasteiger partial charge in [0.2, 0.25) is 0 Å². The first-order chi connectivity index (χ1) is 12.4. The van der Waals surface area contributed by atoms with E-state index in [4.69, 9.17) is 5.11 Å². The van der Waals surface area contributed by atoms with Crippen LogP contribution in [0, 0.1) is 13.8 Å². The van der Waals surface area contributed by atoms with Crippen molar-refractivity contribution < 1.29 is 15.0 Å². The fourth-order valence-corrected chi connectivity index (χ4v) is 2.50. The number of nitrogens with one attached hydrogen (secondary N) is 1. The SMILES string of the molecule is Cc1ccc(-n2[nH]c(C)c(C=Nc3ccc(O)c(C(=O)O)c3)c2=O)cc1. The third-order valence-corrected chi connectivity index (χ3v) is 3.96. The van der Waals surface area contributed by atoms with E-state index in [0.29, 0.717) is 22.6 Å². The van der Waals surface area contributed by atoms with Gasteiger partial charge in [0.15, 0.2) is 0 Å². The van der Waals surface area contributed by atoms with E-state index < -0.39 is 5.97 Å². The van der Waals surface area contributed by atoms with E-state index in [9.17, 15) is 14.7 Å². The summed E-state index contributed by atoms with van der Waals surface area (Å²) >= 11 is 0. The smallest absolute Gasteiger partial charge is 0.339 e. The van der Waals surface area contributed by atoms with E-state index >= 15 is 0 Å². The van der Waals surface area contributed by atoms with E-state index in [1.807, 2.05) is 31.2 Å². The van der Waals surface area contributed by atoms with Gasteiger partial charge in [-0.2, -0.15) is 0 Å². The van der Waals surface area contributed by atoms with Crippen molar-refractivity contribution in [3.63, 3.8) is 0 Å². The zero-order chi connectivity index (χ0) is 18.8. The number of phenols is 1. The second-order valence-corrected chi connectivity index (χ2v) is 5.89. The Morgan fingerprint density at radius 3 is 2.50 bits per heavy atom. The van der Waals surface area contributed by atoms with Crippen LogP contribution >= 0.6 is 0 Å². The predicted octanol–water partition coefficient (Wildman–Crippen LogP) is 2.94. The van der Waals surface area contributed by atoms with Gasteiger partial charge < -0.3 is 10.2 Å². The van der Waals surface area contributed by atoms with Crippen LogP contribution in [0.15, 0.2) is 52.3 Å². The molecule has 0 spiro atoms. The number of carboxylic acid groups (broad SMARTS) is 1. The van der Waals surface area contributed by atoms with Crippen LogP contribution in [-0.2, 0) is 0 Å². The van der Waals surface area contributed by atoms with Crippen molar-refractivity contribution in [3.05, 3.63) is 75.2 Å². The Balaban J connectivity index is 1.97. The molecule has 0 bridgehead atoms. The van der Waals surface area contributed by atoms with Crippen LogP contribution in [0.3, 0.4) is 0 Å². The number of nitrogens with zero attached hydrogens (tertiary/aromatic N) is 2. The molecule has 0 fully saturated rings. The van der Waals surface area contributed by atoms with Crippen molar-refractivity contribution in [1.29, 1.82) is 0 Å². The van der Waals surface area contributed by atoms with Crippen LogP contribution in [-0.4, -0.2) is 32.2 Å². The van der Waals surface area contributed by atoms with Crippen molar-refractivity contribution in [2.24, 2.45) is 4.99 Å². The molecule has 0 aliphatic carbocycles. The fraction of sp³-hybridized carbons (Fsp3) is 0.105. The summed E-state index contributed by atoms with van der Waals surface area (Å²) in [5, 5.41) is 21.6. The van der Waals surface area contributed by atoms with Gasteiger partial charge >= 0.3 is 5.97 Å². The van der Waals surface area contributed by atoms with E-state index in [2.05, 4.69) is 10.1 Å². The van der Waals surface area contributed by atoms with E-state index in [1.165, 1.54) is 29.1 Å². The second kappa shape index (κ2) is 6.72. The summed E-state index contributed by atoms with van der Waals surface area (Å²) in [5.74, 6) is -1.59. The van der Waals surface area contributed by atoms with Crippen LogP contribution in [0.25, 0.3) is 5.69 Å². The van der Waals surface area contributed by atoms with Crippen molar-refractivity contribution >= 4 is 17.9 Å². The molecule has 132 valence electrons. The number of rotatable bonds is 4. The molecule has 3 rings (SSSR count). The highest BCUT2D eigenvalue weighted by molar-refractivity contribution is 5.92. The van der Waals surface area contributed by atoms with Crippen molar-refractivity contribution in [3.8, 4) is 11.4 Å². The number of hydrogen-bond acceptors (Lipinski definition) is 4. The first kappa shape index (κ1) is 17.2. The van der Waals surface area contributed by atoms with Crippen molar-refractivity contribution in [2.45, 2.75) is 13.8 Å². The number of aromatic hydroxyl groups is 1. The summed E-state index contributed by atoms with van der Waals surface area (Å²) < 4.78 is 1.43. The van der Waals surface area contributed by atoms with Gasteiger partial charge in [-0.05, 0) is 44.2 Å². The highest BCUT2D eigenvalue weighted by atomic mass is 16.4. The molecule has 0 aliphatic rings. The lowest BCUT2D eigenvalue weighted by atomic mass is 10.2. The molecule has 1 heterocycles. The predicted molar refractivity (Wildman–Crippen MR) is 98.2 cm³/mol. The van der Waals surface area contributed by atoms with Crippen LogP contribution in [0.1, 0.15) is 27.2 Å². The summed E-state index contributed by atoms with van der Waals surface area (Å²) in [4.78, 5) is 27.9. The molecular weight excluding hydrogens is 334 g/mol. The number of aromatic amines is 1. The van der Waals surface area contributed by atoms with Gasteiger partial charge in [0.1, 0.15) is 11.3 Å². The van der Waals surface area contributed by atoms with E-state index in [0.717, 1.165) is 5.56 Å². The van der Waals surface area contributed by atoms with Gasteiger partial charge in [-0.15, -0.1) is 0 Å². The lowest BCUT2D eigenvalue weighted by Gasteiger charge is -2.01. The normalized spacial score (nSPS) is 11.2. The second-order valence-electron chi connectivity index (χ2n) is 5.89. The summed E-state index contributed by atoms with van der Waals surface area (Å²) in [6.07, 6.45) is 1.39. The Labute approximate surface area is 148 Å². The molecule has 0 radical (unpaired) electrons. The minimum atomic E-state index is -1.25. The molecule has 0 atom stereocenters. The molecule has 0 saturated heterocycles. The number of H-pyrrole nitrogens is 1. The summed E-state index contributed by atoms with van der Waals surface area (Å²) in [7, 11) is 0. The van der Waals surface area contributed by atoms with Crippen molar-refractivity contribution in [2.75, 3.05) is 0 Å². The first-order valence-corrected chi connectivity index (χ1v) is 7.86. The minimum absolute atomic E-state index is 0.248. The van der Waals surface area contributed by atoms with Crippen LogP contribution < -0.4 is 5.56 Å². The van der Waals surface area contributed by atoms with E-state index in [-0.39, 0.29) is 16.9 Å². The highest BCUT2D eigenvalue weighted by Crippen LogP contribution is 2.23. The van der Waals surface area contributed by atoms with Gasteiger partial charge in [-0.1, -0.05) is 17.7 Å². The summed E-state index contributed by atoms with van der Waals surface area (Å²) in [6, 6.07) is 11.5. The number of carbonyl (C=O) groups is 1. The molecule has 1 aromatic heterocycles. The number of carboxylic acids is 1. The number of aliphatic imine (C=N–C) groups is 1. The Hall–Kier alpha value is -3.61. The largest absolute Gasteiger partial charge is 0.507 e. The minimum Gasteiger partial charge on any atom is -0.507 e. The average Bonchev–Trinajstić information content (AvgIpc) is 2.89. The summed E-state index contributed by atoms with van der Waals surface area (Å²) in [6.45, 7) is 3.72. The maximum atomic E-state index is 12.6. The Kier molecular flexibility index (Phi) is 4.45. The standard InChI is InChI=1S/C19H17N3O4/c1-11-3-6-14(7-4-11)22-18(24)16(12(2)21-22)10-20-13-5-8-17(23)15(9-13)19(25)26/h3-10,21,23H,1-2H3,(H,25,26). The zero-order valence-electron chi connectivity index (χ0n) is 14.2. The highest BCUT2D eigenvalue weighted by Gasteiger charge is 2.12. The Bertz CT molecular complexity index is 1060. The maximum Gasteiger partial charge on any atom is 0.339 e. The molecule has 0 aliphatic heterocycles. The van der Waals surface area contributed by atoms with Gasteiger partial charge in [0.25, 0.3) is 5.56 Å². The molecule has 7 nitrogen and oxygen atoms in total. The Morgan fingerprint density at radius 1 is 1.15 bits per heavy atom. The van der Waals surface area contributed by atoms with E-state index in [1.54, 1.807) is 6.92 Å². The number of hydrogen-bond donors (Lipinski definition) is 3. The fourth-order valence-electron chi connectivity index (χ4n) is 2.50. The summed E-state index contributed by atoms with van der Waals surface area (Å²) in [5.41, 5.74) is 2.62. The quantitative estimate of drug-likeness (QED) is 0.628. The number of aryl methyl sites for hydroxylation is 2. The van der Waals surface area contributed by atoms with Crippen LogP contribution in [0.5, 0.6) is 5.75 Å². The topological polar surface area (TPSA) is 108 Å². The number of benzene rings is 2. The third-order valence-electron chi connectivity index (χ3n) is 3.96. The molecule has 3 N–H and O–H groups in total.